The lowest BCUT2D eigenvalue weighted by Crippen LogP contribution is -2.33. The van der Waals surface area contributed by atoms with Crippen molar-refractivity contribution in [2.24, 2.45) is 5.92 Å². The number of aryl methyl sites for hydroxylation is 2. The SMILES string of the molecule is Cc1ccc(N(c2ccc3c(c2)C(C)(C)c2ccccc2-3)c2ccc3c(c2)C2(c4ccccc4C4C=CC=CC42)c2cc(N(c4ccc(C)cc4)c4ccc5c(c4)C(C)(C)c4ccccc4-5)c4c(oc5ccccc54)c2-3)cc1. The Labute approximate surface area is 457 Å². The molecule has 3 heteroatoms. The lowest BCUT2D eigenvalue weighted by Gasteiger charge is -2.37. The average molecular weight is 1000 g/mol. The largest absolute Gasteiger partial charge is 0.455 e. The Bertz CT molecular complexity index is 4430. The van der Waals surface area contributed by atoms with E-state index in [2.05, 4.69) is 282 Å². The lowest BCUT2D eigenvalue weighted by atomic mass is 9.65. The smallest absolute Gasteiger partial charge is 0.145 e. The van der Waals surface area contributed by atoms with Gasteiger partial charge in [-0.1, -0.05) is 197 Å². The van der Waals surface area contributed by atoms with Gasteiger partial charge in [0.15, 0.2) is 0 Å². The molecule has 3 atom stereocenters. The van der Waals surface area contributed by atoms with Crippen LogP contribution in [0.25, 0.3) is 55.3 Å². The van der Waals surface area contributed by atoms with Gasteiger partial charge in [0.05, 0.1) is 16.5 Å². The maximum atomic E-state index is 7.46. The molecule has 374 valence electrons. The minimum absolute atomic E-state index is 0.0871. The predicted octanol–water partition coefficient (Wildman–Crippen LogP) is 19.9. The highest BCUT2D eigenvalue weighted by Crippen LogP contribution is 2.68. The lowest BCUT2D eigenvalue weighted by molar-refractivity contribution is 0.465. The van der Waals surface area contributed by atoms with Crippen LogP contribution in [0.2, 0.25) is 0 Å². The molecule has 16 rings (SSSR count). The molecule has 5 aliphatic carbocycles. The van der Waals surface area contributed by atoms with Gasteiger partial charge in [0.1, 0.15) is 11.2 Å². The van der Waals surface area contributed by atoms with E-state index in [0.29, 0.717) is 0 Å². The number of fused-ring (bicyclic) bond motifs is 20. The molecule has 5 aliphatic rings. The molecule has 1 heterocycles. The maximum absolute atomic E-state index is 7.46. The third-order valence-corrected chi connectivity index (χ3v) is 18.9. The molecule has 0 amide bonds. The van der Waals surface area contributed by atoms with Crippen molar-refractivity contribution in [3.05, 3.63) is 286 Å². The van der Waals surface area contributed by atoms with Gasteiger partial charge in [-0.2, -0.15) is 0 Å². The number of hydrogen-bond donors (Lipinski definition) is 0. The molecule has 0 aliphatic heterocycles. The van der Waals surface area contributed by atoms with Gasteiger partial charge in [-0.05, 0) is 159 Å². The first-order chi connectivity index (χ1) is 38.0. The van der Waals surface area contributed by atoms with E-state index in [1.165, 1.54) is 89.0 Å². The van der Waals surface area contributed by atoms with Gasteiger partial charge >= 0.3 is 0 Å². The summed E-state index contributed by atoms with van der Waals surface area (Å²) in [4.78, 5) is 5.03. The normalized spacial score (nSPS) is 18.8. The number of rotatable bonds is 6. The summed E-state index contributed by atoms with van der Waals surface area (Å²) in [6.07, 6.45) is 9.52. The summed E-state index contributed by atoms with van der Waals surface area (Å²) in [5, 5.41) is 2.22. The van der Waals surface area contributed by atoms with E-state index in [1.807, 2.05) is 0 Å². The fourth-order valence-electron chi connectivity index (χ4n) is 15.2. The van der Waals surface area contributed by atoms with E-state index in [4.69, 9.17) is 4.42 Å². The van der Waals surface area contributed by atoms with Crippen molar-refractivity contribution >= 4 is 56.1 Å². The van der Waals surface area contributed by atoms with Gasteiger partial charge in [-0.3, -0.25) is 0 Å². The second kappa shape index (κ2) is 16.1. The summed E-state index contributed by atoms with van der Waals surface area (Å²) in [5.74, 6) is 0.259. The minimum atomic E-state index is -0.591. The summed E-state index contributed by atoms with van der Waals surface area (Å²) < 4.78 is 7.46. The monoisotopic (exact) mass is 1000 g/mol. The Morgan fingerprint density at radius 2 is 0.885 bits per heavy atom. The zero-order valence-electron chi connectivity index (χ0n) is 44.9. The topological polar surface area (TPSA) is 19.6 Å². The van der Waals surface area contributed by atoms with Crippen LogP contribution in [0.3, 0.4) is 0 Å². The minimum Gasteiger partial charge on any atom is -0.455 e. The Morgan fingerprint density at radius 3 is 1.53 bits per heavy atom. The predicted molar refractivity (Wildman–Crippen MR) is 324 cm³/mol. The van der Waals surface area contributed by atoms with Crippen LogP contribution in [0, 0.1) is 19.8 Å². The number of para-hydroxylation sites is 1. The third kappa shape index (κ3) is 5.99. The summed E-state index contributed by atoms with van der Waals surface area (Å²) in [6, 6.07) is 78.4. The second-order valence-corrected chi connectivity index (χ2v) is 23.7. The molecule has 78 heavy (non-hydrogen) atoms. The molecule has 11 aromatic rings. The Kier molecular flexibility index (Phi) is 9.33. The number of hydrogen-bond acceptors (Lipinski definition) is 3. The standard InChI is InChI=1S/C75H58N2O/c1-45-27-31-47(32-28-45)76(49-35-38-56-52-17-7-12-22-60(52)73(3,4)64(56)41-49)50-37-40-58-66(43-50)75(62-24-14-9-19-54(62)55-20-10-15-25-63(55)75)67-44-68(71-59-21-11-16-26-69(59)78-72(71)70(58)67)77(48-33-29-46(2)30-34-48)51-36-39-57-53-18-8-13-23-61(53)74(5,6)65(57)42-51/h7-44,54,62H,1-6H3. The van der Waals surface area contributed by atoms with Crippen molar-refractivity contribution in [1.82, 2.24) is 0 Å². The summed E-state index contributed by atoms with van der Waals surface area (Å²) >= 11 is 0. The van der Waals surface area contributed by atoms with Crippen molar-refractivity contribution in [3.8, 4) is 33.4 Å². The molecule has 3 unspecified atom stereocenters. The van der Waals surface area contributed by atoms with Crippen LogP contribution in [0.15, 0.2) is 235 Å². The maximum Gasteiger partial charge on any atom is 0.145 e. The van der Waals surface area contributed by atoms with E-state index in [-0.39, 0.29) is 22.7 Å². The van der Waals surface area contributed by atoms with Gasteiger partial charge < -0.3 is 14.2 Å². The Hall–Kier alpha value is -8.92. The van der Waals surface area contributed by atoms with Crippen molar-refractivity contribution in [2.75, 3.05) is 9.80 Å². The fourth-order valence-corrected chi connectivity index (χ4v) is 15.2. The van der Waals surface area contributed by atoms with E-state index in [9.17, 15) is 0 Å². The van der Waals surface area contributed by atoms with E-state index < -0.39 is 5.41 Å². The van der Waals surface area contributed by atoms with Gasteiger partial charge in [0.2, 0.25) is 0 Å². The molecule has 3 nitrogen and oxygen atoms in total. The van der Waals surface area contributed by atoms with Crippen LogP contribution >= 0.6 is 0 Å². The molecule has 0 saturated carbocycles. The first kappa shape index (κ1) is 45.3. The molecule has 0 radical (unpaired) electrons. The molecule has 1 aromatic heterocycles. The van der Waals surface area contributed by atoms with Crippen LogP contribution in [0.5, 0.6) is 0 Å². The summed E-state index contributed by atoms with van der Waals surface area (Å²) in [5.41, 5.74) is 28.5. The fraction of sp³-hybridized carbons (Fsp3) is 0.147. The highest BCUT2D eigenvalue weighted by Gasteiger charge is 2.58. The molecule has 0 N–H and O–H groups in total. The van der Waals surface area contributed by atoms with Crippen LogP contribution in [0.4, 0.5) is 34.1 Å². The molecule has 1 spiro atoms. The number of anilines is 6. The van der Waals surface area contributed by atoms with Gasteiger partial charge in [-0.15, -0.1) is 0 Å². The third-order valence-electron chi connectivity index (χ3n) is 18.9. The van der Waals surface area contributed by atoms with Crippen molar-refractivity contribution in [2.45, 2.75) is 63.7 Å². The number of nitrogens with zero attached hydrogens (tertiary/aromatic N) is 2. The van der Waals surface area contributed by atoms with E-state index >= 15 is 0 Å². The average Bonchev–Trinajstić information content (AvgIpc) is 2.41. The summed E-state index contributed by atoms with van der Waals surface area (Å²) in [6.45, 7) is 13.9. The highest BCUT2D eigenvalue weighted by atomic mass is 16.3. The quantitative estimate of drug-likeness (QED) is 0.165. The number of furan rings is 1. The van der Waals surface area contributed by atoms with E-state index in [0.717, 1.165) is 56.1 Å². The Morgan fingerprint density at radius 1 is 0.397 bits per heavy atom. The molecule has 0 bridgehead atoms. The van der Waals surface area contributed by atoms with Crippen molar-refractivity contribution in [3.63, 3.8) is 0 Å². The Balaban J connectivity index is 0.987. The van der Waals surface area contributed by atoms with Gasteiger partial charge in [0, 0.05) is 62.1 Å². The van der Waals surface area contributed by atoms with E-state index in [1.54, 1.807) is 0 Å². The highest BCUT2D eigenvalue weighted by molar-refractivity contribution is 6.19. The second-order valence-electron chi connectivity index (χ2n) is 23.7. The first-order valence-electron chi connectivity index (χ1n) is 27.8. The van der Waals surface area contributed by atoms with Crippen molar-refractivity contribution in [1.29, 1.82) is 0 Å². The van der Waals surface area contributed by atoms with Crippen LogP contribution in [-0.2, 0) is 16.2 Å². The molecule has 0 fully saturated rings. The molecule has 0 saturated heterocycles. The van der Waals surface area contributed by atoms with Crippen LogP contribution in [-0.4, -0.2) is 0 Å². The van der Waals surface area contributed by atoms with Crippen LogP contribution < -0.4 is 9.80 Å². The zero-order chi connectivity index (χ0) is 52.4. The first-order valence-corrected chi connectivity index (χ1v) is 27.8. The van der Waals surface area contributed by atoms with Crippen LogP contribution in [0.1, 0.15) is 89.2 Å². The zero-order valence-corrected chi connectivity index (χ0v) is 44.9. The summed E-state index contributed by atoms with van der Waals surface area (Å²) in [7, 11) is 0. The van der Waals surface area contributed by atoms with Gasteiger partial charge in [0.25, 0.3) is 0 Å². The van der Waals surface area contributed by atoms with Gasteiger partial charge in [-0.25, -0.2) is 0 Å². The molecular formula is C75H58N2O. The van der Waals surface area contributed by atoms with Crippen molar-refractivity contribution < 1.29 is 4.42 Å². The molecular weight excluding hydrogens is 945 g/mol. The number of benzene rings is 10. The number of allylic oxidation sites excluding steroid dienone is 4. The molecule has 10 aromatic carbocycles.